The summed E-state index contributed by atoms with van der Waals surface area (Å²) in [5, 5.41) is 3.27. The number of amides is 2. The normalized spacial score (nSPS) is 12.0. The topological polar surface area (TPSA) is 86.8 Å². The maximum atomic E-state index is 14.3. The average Bonchev–Trinajstić information content (AvgIpc) is 2.99. The molecule has 0 radical (unpaired) electrons. The molecule has 224 valence electrons. The van der Waals surface area contributed by atoms with Crippen molar-refractivity contribution in [3.05, 3.63) is 131 Å². The number of nitrogens with one attached hydrogen (secondary N) is 1. The Morgan fingerprint density at radius 2 is 1.40 bits per heavy atom. The second-order valence-corrected chi connectivity index (χ2v) is 12.6. The number of hydrogen-bond acceptors (Lipinski definition) is 4. The molecule has 0 saturated heterocycles. The van der Waals surface area contributed by atoms with Crippen LogP contribution in [-0.4, -0.2) is 43.8 Å². The molecule has 4 aromatic rings. The summed E-state index contributed by atoms with van der Waals surface area (Å²) in [5.41, 5.74) is 1.67. The molecule has 2 amide bonds. The number of carbonyl (C=O) groups is 2. The van der Waals surface area contributed by atoms with Crippen molar-refractivity contribution in [2.75, 3.05) is 10.8 Å². The SMILES string of the molecule is CC(C)NC(=O)C(Cc1ccccc1)N(Cc1ccc(F)cc1)C(=O)CN(c1ccccc1)S(=O)(=O)c1ccc(Cl)cc1. The van der Waals surface area contributed by atoms with Crippen LogP contribution in [0.1, 0.15) is 25.0 Å². The molecule has 10 heteroatoms. The molecular weight excluding hydrogens is 589 g/mol. The van der Waals surface area contributed by atoms with Crippen LogP contribution < -0.4 is 9.62 Å². The van der Waals surface area contributed by atoms with Gasteiger partial charge in [0.25, 0.3) is 10.0 Å². The molecule has 0 aliphatic heterocycles. The lowest BCUT2D eigenvalue weighted by Crippen LogP contribution is -2.54. The Morgan fingerprint density at radius 1 is 0.814 bits per heavy atom. The molecule has 0 saturated carbocycles. The van der Waals surface area contributed by atoms with Gasteiger partial charge in [0, 0.05) is 24.0 Å². The molecule has 0 aliphatic rings. The summed E-state index contributed by atoms with van der Waals surface area (Å²) in [5.74, 6) is -1.43. The summed E-state index contributed by atoms with van der Waals surface area (Å²) in [6.45, 7) is 3.00. The maximum Gasteiger partial charge on any atom is 0.264 e. The Kier molecular flexibility index (Phi) is 10.6. The number of benzene rings is 4. The zero-order chi connectivity index (χ0) is 31.0. The van der Waals surface area contributed by atoms with Crippen molar-refractivity contribution < 1.29 is 22.4 Å². The minimum absolute atomic E-state index is 0.0444. The van der Waals surface area contributed by atoms with Crippen LogP contribution in [0, 0.1) is 5.82 Å². The second-order valence-electron chi connectivity index (χ2n) is 10.3. The molecular formula is C33H33ClFN3O4S. The van der Waals surface area contributed by atoms with Crippen LogP contribution in [0.15, 0.2) is 114 Å². The van der Waals surface area contributed by atoms with E-state index in [0.29, 0.717) is 10.6 Å². The van der Waals surface area contributed by atoms with Gasteiger partial charge in [-0.25, -0.2) is 12.8 Å². The fraction of sp³-hybridized carbons (Fsp3) is 0.212. The van der Waals surface area contributed by atoms with Gasteiger partial charge in [-0.15, -0.1) is 0 Å². The molecule has 0 aromatic heterocycles. The number of carbonyl (C=O) groups excluding carboxylic acids is 2. The number of halogens is 2. The first-order valence-corrected chi connectivity index (χ1v) is 15.6. The molecule has 1 N–H and O–H groups in total. The quantitative estimate of drug-likeness (QED) is 0.215. The molecule has 0 spiro atoms. The fourth-order valence-corrected chi connectivity index (χ4v) is 6.12. The number of anilines is 1. The van der Waals surface area contributed by atoms with Gasteiger partial charge in [0.15, 0.2) is 0 Å². The number of nitrogens with zero attached hydrogens (tertiary/aromatic N) is 2. The summed E-state index contributed by atoms with van der Waals surface area (Å²) >= 11 is 6.01. The lowest BCUT2D eigenvalue weighted by Gasteiger charge is -2.34. The van der Waals surface area contributed by atoms with Gasteiger partial charge in [-0.05, 0) is 73.5 Å². The highest BCUT2D eigenvalue weighted by molar-refractivity contribution is 7.92. The third-order valence-electron chi connectivity index (χ3n) is 6.69. The van der Waals surface area contributed by atoms with E-state index in [4.69, 9.17) is 11.6 Å². The van der Waals surface area contributed by atoms with Gasteiger partial charge in [0.2, 0.25) is 11.8 Å². The van der Waals surface area contributed by atoms with Gasteiger partial charge in [-0.1, -0.05) is 72.3 Å². The van der Waals surface area contributed by atoms with E-state index in [0.717, 1.165) is 9.87 Å². The highest BCUT2D eigenvalue weighted by atomic mass is 35.5. The van der Waals surface area contributed by atoms with Crippen LogP contribution in [0.5, 0.6) is 0 Å². The van der Waals surface area contributed by atoms with Gasteiger partial charge in [0.05, 0.1) is 10.6 Å². The first kappa shape index (κ1) is 31.7. The molecule has 1 unspecified atom stereocenters. The minimum atomic E-state index is -4.22. The predicted molar refractivity (Wildman–Crippen MR) is 167 cm³/mol. The zero-order valence-electron chi connectivity index (χ0n) is 23.9. The lowest BCUT2D eigenvalue weighted by atomic mass is 10.0. The van der Waals surface area contributed by atoms with Gasteiger partial charge in [-0.3, -0.25) is 13.9 Å². The Hall–Kier alpha value is -4.21. The molecule has 7 nitrogen and oxygen atoms in total. The smallest absolute Gasteiger partial charge is 0.264 e. The summed E-state index contributed by atoms with van der Waals surface area (Å²) in [6, 6.07) is 27.7. The van der Waals surface area contributed by atoms with Crippen molar-refractivity contribution in [3.63, 3.8) is 0 Å². The van der Waals surface area contributed by atoms with Gasteiger partial charge in [-0.2, -0.15) is 0 Å². The molecule has 0 fully saturated rings. The maximum absolute atomic E-state index is 14.3. The molecule has 1 atom stereocenters. The van der Waals surface area contributed by atoms with Crippen LogP contribution >= 0.6 is 11.6 Å². The van der Waals surface area contributed by atoms with E-state index in [1.54, 1.807) is 30.3 Å². The molecule has 0 heterocycles. The number of rotatable bonds is 12. The van der Waals surface area contributed by atoms with E-state index < -0.39 is 34.3 Å². The molecule has 4 aromatic carbocycles. The Morgan fingerprint density at radius 3 is 1.98 bits per heavy atom. The molecule has 0 aliphatic carbocycles. The zero-order valence-corrected chi connectivity index (χ0v) is 25.4. The summed E-state index contributed by atoms with van der Waals surface area (Å²) in [7, 11) is -4.22. The second kappa shape index (κ2) is 14.3. The van der Waals surface area contributed by atoms with E-state index in [1.807, 2.05) is 44.2 Å². The van der Waals surface area contributed by atoms with Crippen LogP contribution in [0.2, 0.25) is 5.02 Å². The van der Waals surface area contributed by atoms with Crippen molar-refractivity contribution in [2.45, 2.75) is 43.8 Å². The van der Waals surface area contributed by atoms with Crippen molar-refractivity contribution in [2.24, 2.45) is 0 Å². The molecule has 4 rings (SSSR count). The van der Waals surface area contributed by atoms with Crippen molar-refractivity contribution in [1.82, 2.24) is 10.2 Å². The van der Waals surface area contributed by atoms with Crippen molar-refractivity contribution in [3.8, 4) is 0 Å². The Bertz CT molecular complexity index is 1620. The van der Waals surface area contributed by atoms with Gasteiger partial charge in [0.1, 0.15) is 18.4 Å². The van der Waals surface area contributed by atoms with Crippen LogP contribution in [0.4, 0.5) is 10.1 Å². The summed E-state index contributed by atoms with van der Waals surface area (Å²) in [4.78, 5) is 29.3. The van der Waals surface area contributed by atoms with E-state index >= 15 is 0 Å². The van der Waals surface area contributed by atoms with Crippen molar-refractivity contribution >= 4 is 39.1 Å². The highest BCUT2D eigenvalue weighted by Gasteiger charge is 2.34. The number of para-hydroxylation sites is 1. The fourth-order valence-electron chi connectivity index (χ4n) is 4.58. The molecule has 43 heavy (non-hydrogen) atoms. The third kappa shape index (κ3) is 8.43. The van der Waals surface area contributed by atoms with Crippen LogP contribution in [0.25, 0.3) is 0 Å². The first-order chi connectivity index (χ1) is 20.5. The number of sulfonamides is 1. The van der Waals surface area contributed by atoms with Gasteiger partial charge < -0.3 is 10.2 Å². The van der Waals surface area contributed by atoms with E-state index in [9.17, 15) is 22.4 Å². The lowest BCUT2D eigenvalue weighted by molar-refractivity contribution is -0.140. The standard InChI is InChI=1S/C33H33ClFN3O4S/c1-24(2)36-33(40)31(21-25-9-5-3-6-10-25)37(22-26-13-17-28(35)18-14-26)32(39)23-38(29-11-7-4-8-12-29)43(41,42)30-19-15-27(34)16-20-30/h3-20,24,31H,21-23H2,1-2H3,(H,36,40). The minimum Gasteiger partial charge on any atom is -0.352 e. The monoisotopic (exact) mass is 621 g/mol. The van der Waals surface area contributed by atoms with Crippen LogP contribution in [0.3, 0.4) is 0 Å². The number of hydrogen-bond donors (Lipinski definition) is 1. The van der Waals surface area contributed by atoms with Crippen molar-refractivity contribution in [1.29, 1.82) is 0 Å². The first-order valence-electron chi connectivity index (χ1n) is 13.8. The highest BCUT2D eigenvalue weighted by Crippen LogP contribution is 2.26. The van der Waals surface area contributed by atoms with E-state index in [-0.39, 0.29) is 35.5 Å². The van der Waals surface area contributed by atoms with Gasteiger partial charge >= 0.3 is 0 Å². The third-order valence-corrected chi connectivity index (χ3v) is 8.73. The Balaban J connectivity index is 1.78. The van der Waals surface area contributed by atoms with E-state index in [2.05, 4.69) is 5.32 Å². The molecule has 0 bridgehead atoms. The average molecular weight is 622 g/mol. The van der Waals surface area contributed by atoms with E-state index in [1.165, 1.54) is 53.4 Å². The van der Waals surface area contributed by atoms with Crippen LogP contribution in [-0.2, 0) is 32.6 Å². The predicted octanol–water partition coefficient (Wildman–Crippen LogP) is 5.84. The summed E-state index contributed by atoms with van der Waals surface area (Å²) in [6.07, 6.45) is 0.182. The Labute approximate surface area is 257 Å². The largest absolute Gasteiger partial charge is 0.352 e. The summed E-state index contributed by atoms with van der Waals surface area (Å²) < 4.78 is 42.6.